The standard InChI is InChI=1S/C13H16N4O2/c1-9(6-14)16-11-7-15-10(8-17(11)5)12(18)19-13(2,3)4/h7-8H,1H2,2-5H3. The summed E-state index contributed by atoms with van der Waals surface area (Å²) >= 11 is 0. The molecule has 0 spiro atoms. The van der Waals surface area contributed by atoms with Crippen molar-refractivity contribution in [2.75, 3.05) is 0 Å². The van der Waals surface area contributed by atoms with Crippen molar-refractivity contribution in [1.29, 1.82) is 5.26 Å². The number of aryl methyl sites for hydroxylation is 1. The van der Waals surface area contributed by atoms with E-state index in [2.05, 4.69) is 16.6 Å². The topological polar surface area (TPSA) is 80.3 Å². The first-order chi connectivity index (χ1) is 8.73. The Hall–Kier alpha value is -2.42. The molecule has 0 aliphatic rings. The summed E-state index contributed by atoms with van der Waals surface area (Å²) in [6.07, 6.45) is 2.89. The van der Waals surface area contributed by atoms with E-state index in [4.69, 9.17) is 10.00 Å². The number of nitrogens with zero attached hydrogens (tertiary/aromatic N) is 4. The van der Waals surface area contributed by atoms with E-state index in [0.29, 0.717) is 5.49 Å². The van der Waals surface area contributed by atoms with Crippen LogP contribution in [0.2, 0.25) is 0 Å². The van der Waals surface area contributed by atoms with Crippen molar-refractivity contribution in [2.24, 2.45) is 12.0 Å². The fourth-order valence-corrected chi connectivity index (χ4v) is 1.21. The van der Waals surface area contributed by atoms with Gasteiger partial charge in [-0.2, -0.15) is 5.26 Å². The largest absolute Gasteiger partial charge is 0.455 e. The molecule has 19 heavy (non-hydrogen) atoms. The zero-order valence-electron chi connectivity index (χ0n) is 11.5. The summed E-state index contributed by atoms with van der Waals surface area (Å²) in [5, 5.41) is 8.61. The van der Waals surface area contributed by atoms with Crippen LogP contribution < -0.4 is 5.49 Å². The maximum absolute atomic E-state index is 11.8. The fraction of sp³-hybridized carbons (Fsp3) is 0.385. The number of carbonyl (C=O) groups is 1. The van der Waals surface area contributed by atoms with E-state index in [1.807, 2.05) is 6.07 Å². The van der Waals surface area contributed by atoms with Crippen LogP contribution in [-0.4, -0.2) is 21.1 Å². The predicted molar refractivity (Wildman–Crippen MR) is 68.7 cm³/mol. The molecule has 0 N–H and O–H groups in total. The van der Waals surface area contributed by atoms with Gasteiger partial charge in [0.25, 0.3) is 0 Å². The SMILES string of the molecule is C=C(C#N)N=c1cnc(C(=O)OC(C)(C)C)cn1C. The first-order valence-electron chi connectivity index (χ1n) is 5.62. The van der Waals surface area contributed by atoms with Gasteiger partial charge in [-0.05, 0) is 20.8 Å². The minimum absolute atomic E-state index is 0.0717. The van der Waals surface area contributed by atoms with Gasteiger partial charge in [0.15, 0.2) is 11.2 Å². The molecule has 1 aromatic rings. The summed E-state index contributed by atoms with van der Waals surface area (Å²) < 4.78 is 6.78. The number of aromatic nitrogens is 2. The summed E-state index contributed by atoms with van der Waals surface area (Å²) in [5.74, 6) is -0.506. The number of ether oxygens (including phenoxy) is 1. The molecule has 0 aliphatic heterocycles. The van der Waals surface area contributed by atoms with Gasteiger partial charge in [0.2, 0.25) is 0 Å². The molecule has 1 heterocycles. The zero-order chi connectivity index (χ0) is 14.6. The lowest BCUT2D eigenvalue weighted by Gasteiger charge is -2.19. The van der Waals surface area contributed by atoms with Crippen LogP contribution >= 0.6 is 0 Å². The molecule has 0 radical (unpaired) electrons. The summed E-state index contributed by atoms with van der Waals surface area (Å²) in [6.45, 7) is 8.80. The molecule has 0 aliphatic carbocycles. The van der Waals surface area contributed by atoms with Crippen molar-refractivity contribution in [3.05, 3.63) is 35.9 Å². The van der Waals surface area contributed by atoms with Gasteiger partial charge in [0.1, 0.15) is 17.4 Å². The van der Waals surface area contributed by atoms with Crippen LogP contribution in [0.15, 0.2) is 29.7 Å². The Morgan fingerprint density at radius 1 is 1.58 bits per heavy atom. The van der Waals surface area contributed by atoms with Crippen molar-refractivity contribution in [3.8, 4) is 6.07 Å². The van der Waals surface area contributed by atoms with Crippen molar-refractivity contribution < 1.29 is 9.53 Å². The zero-order valence-corrected chi connectivity index (χ0v) is 11.5. The molecule has 0 aromatic carbocycles. The normalized spacial score (nSPS) is 11.8. The predicted octanol–water partition coefficient (Wildman–Crippen LogP) is 1.31. The summed E-state index contributed by atoms with van der Waals surface area (Å²) in [5.41, 5.74) is 0.107. The van der Waals surface area contributed by atoms with Crippen LogP contribution in [-0.2, 0) is 11.8 Å². The van der Waals surface area contributed by atoms with Gasteiger partial charge >= 0.3 is 5.97 Å². The average molecular weight is 260 g/mol. The Morgan fingerprint density at radius 2 is 2.21 bits per heavy atom. The van der Waals surface area contributed by atoms with E-state index in [9.17, 15) is 4.79 Å². The number of hydrogen-bond acceptors (Lipinski definition) is 5. The molecule has 0 atom stereocenters. The molecule has 0 bridgehead atoms. The molecule has 0 fully saturated rings. The Morgan fingerprint density at radius 3 is 2.68 bits per heavy atom. The average Bonchev–Trinajstić information content (AvgIpc) is 2.29. The highest BCUT2D eigenvalue weighted by atomic mass is 16.6. The summed E-state index contributed by atoms with van der Waals surface area (Å²) in [6, 6.07) is 1.82. The molecule has 1 aromatic heterocycles. The van der Waals surface area contributed by atoms with Gasteiger partial charge in [-0.1, -0.05) is 6.58 Å². The van der Waals surface area contributed by atoms with Gasteiger partial charge in [-0.3, -0.25) is 0 Å². The minimum Gasteiger partial charge on any atom is -0.455 e. The molecule has 6 nitrogen and oxygen atoms in total. The monoisotopic (exact) mass is 260 g/mol. The fourth-order valence-electron chi connectivity index (χ4n) is 1.21. The third kappa shape index (κ3) is 4.39. The number of hydrogen-bond donors (Lipinski definition) is 0. The lowest BCUT2D eigenvalue weighted by Crippen LogP contribution is -2.27. The minimum atomic E-state index is -0.574. The number of rotatable bonds is 2. The van der Waals surface area contributed by atoms with Gasteiger partial charge in [-0.25, -0.2) is 14.8 Å². The number of allylic oxidation sites excluding steroid dienone is 1. The first kappa shape index (κ1) is 14.6. The van der Waals surface area contributed by atoms with E-state index < -0.39 is 11.6 Å². The van der Waals surface area contributed by atoms with Gasteiger partial charge in [0, 0.05) is 13.2 Å². The van der Waals surface area contributed by atoms with Gasteiger partial charge < -0.3 is 9.30 Å². The molecule has 0 amide bonds. The second-order valence-corrected chi connectivity index (χ2v) is 4.91. The molecule has 0 unspecified atom stereocenters. The van der Waals surface area contributed by atoms with Crippen LogP contribution in [0.1, 0.15) is 31.3 Å². The van der Waals surface area contributed by atoms with Gasteiger partial charge in [0.05, 0.1) is 6.20 Å². The van der Waals surface area contributed by atoms with Crippen molar-refractivity contribution in [1.82, 2.24) is 9.55 Å². The maximum Gasteiger partial charge on any atom is 0.358 e. The lowest BCUT2D eigenvalue weighted by molar-refractivity contribution is 0.00617. The molecule has 100 valence electrons. The molecule has 6 heteroatoms. The highest BCUT2D eigenvalue weighted by Gasteiger charge is 2.19. The lowest BCUT2D eigenvalue weighted by atomic mass is 10.2. The van der Waals surface area contributed by atoms with E-state index >= 15 is 0 Å². The summed E-state index contributed by atoms with van der Waals surface area (Å²) in [7, 11) is 1.69. The van der Waals surface area contributed by atoms with E-state index in [-0.39, 0.29) is 11.4 Å². The Labute approximate surface area is 111 Å². The highest BCUT2D eigenvalue weighted by Crippen LogP contribution is 2.09. The van der Waals surface area contributed by atoms with Crippen molar-refractivity contribution in [3.63, 3.8) is 0 Å². The Kier molecular flexibility index (Phi) is 4.22. The van der Waals surface area contributed by atoms with Crippen LogP contribution in [0.3, 0.4) is 0 Å². The van der Waals surface area contributed by atoms with Gasteiger partial charge in [-0.15, -0.1) is 0 Å². The van der Waals surface area contributed by atoms with E-state index in [1.54, 1.807) is 32.4 Å². The first-order valence-corrected chi connectivity index (χ1v) is 5.62. The molecule has 1 rings (SSSR count). The summed E-state index contributed by atoms with van der Waals surface area (Å²) in [4.78, 5) is 19.7. The number of carbonyl (C=O) groups excluding carboxylic acids is 1. The van der Waals surface area contributed by atoms with Crippen molar-refractivity contribution in [2.45, 2.75) is 26.4 Å². The van der Waals surface area contributed by atoms with Crippen LogP contribution in [0, 0.1) is 11.3 Å². The van der Waals surface area contributed by atoms with E-state index in [0.717, 1.165) is 0 Å². The maximum atomic E-state index is 11.8. The van der Waals surface area contributed by atoms with E-state index in [1.165, 1.54) is 12.4 Å². The van der Waals surface area contributed by atoms with Crippen LogP contribution in [0.25, 0.3) is 0 Å². The molecular formula is C13H16N4O2. The smallest absolute Gasteiger partial charge is 0.358 e. The molecule has 0 saturated carbocycles. The number of nitriles is 1. The second-order valence-electron chi connectivity index (χ2n) is 4.91. The molecule has 0 saturated heterocycles. The second kappa shape index (κ2) is 5.48. The molecular weight excluding hydrogens is 244 g/mol. The quantitative estimate of drug-likeness (QED) is 0.593. The van der Waals surface area contributed by atoms with Crippen LogP contribution in [0.5, 0.6) is 0 Å². The third-order valence-electron chi connectivity index (χ3n) is 1.98. The third-order valence-corrected chi connectivity index (χ3v) is 1.98. The Balaban J connectivity index is 3.08. The Bertz CT molecular complexity index is 615. The number of esters is 1. The van der Waals surface area contributed by atoms with Crippen LogP contribution in [0.4, 0.5) is 0 Å². The highest BCUT2D eigenvalue weighted by molar-refractivity contribution is 5.87. The van der Waals surface area contributed by atoms with Crippen molar-refractivity contribution >= 4 is 5.97 Å².